The van der Waals surface area contributed by atoms with Gasteiger partial charge in [-0.1, -0.05) is 6.07 Å². The number of halogens is 4. The minimum Gasteiger partial charge on any atom is -0.491 e. The van der Waals surface area contributed by atoms with Gasteiger partial charge in [0.25, 0.3) is 5.92 Å². The number of aromatic nitrogens is 2. The van der Waals surface area contributed by atoms with Crippen molar-refractivity contribution >= 4 is 0 Å². The first kappa shape index (κ1) is 20.4. The predicted molar refractivity (Wildman–Crippen MR) is 95.0 cm³/mol. The first-order valence-corrected chi connectivity index (χ1v) is 9.30. The summed E-state index contributed by atoms with van der Waals surface area (Å²) in [7, 11) is 0. The van der Waals surface area contributed by atoms with E-state index in [1.165, 1.54) is 24.5 Å². The summed E-state index contributed by atoms with van der Waals surface area (Å²) in [6.07, 6.45) is 2.53. The van der Waals surface area contributed by atoms with E-state index >= 15 is 0 Å². The fourth-order valence-electron chi connectivity index (χ4n) is 3.67. The molecule has 1 saturated carbocycles. The molecule has 0 aliphatic heterocycles. The summed E-state index contributed by atoms with van der Waals surface area (Å²) >= 11 is 0. The van der Waals surface area contributed by atoms with E-state index < -0.39 is 35.8 Å². The van der Waals surface area contributed by atoms with Crippen molar-refractivity contribution in [3.8, 4) is 11.8 Å². The molecule has 2 atom stereocenters. The smallest absolute Gasteiger partial charge is 0.316 e. The van der Waals surface area contributed by atoms with Crippen molar-refractivity contribution < 1.29 is 27.0 Å². The van der Waals surface area contributed by atoms with Crippen LogP contribution in [0.25, 0.3) is 0 Å². The number of nitrogens with zero attached hydrogens (tertiary/aromatic N) is 2. The lowest BCUT2D eigenvalue weighted by Crippen LogP contribution is -2.34. The molecule has 2 aromatic rings. The van der Waals surface area contributed by atoms with E-state index in [4.69, 9.17) is 9.47 Å². The molecule has 0 bridgehead atoms. The van der Waals surface area contributed by atoms with Crippen LogP contribution in [0.15, 0.2) is 24.5 Å². The third kappa shape index (κ3) is 4.05. The molecule has 0 amide bonds. The van der Waals surface area contributed by atoms with Crippen LogP contribution in [0.5, 0.6) is 11.8 Å². The van der Waals surface area contributed by atoms with Crippen LogP contribution in [0.4, 0.5) is 17.6 Å². The third-order valence-electron chi connectivity index (χ3n) is 4.97. The van der Waals surface area contributed by atoms with Gasteiger partial charge in [0.2, 0.25) is 5.82 Å². The molecule has 0 spiro atoms. The lowest BCUT2D eigenvalue weighted by Gasteiger charge is -2.36. The zero-order valence-electron chi connectivity index (χ0n) is 15.7. The largest absolute Gasteiger partial charge is 0.491 e. The number of rotatable bonds is 6. The van der Waals surface area contributed by atoms with Crippen LogP contribution in [0.1, 0.15) is 56.1 Å². The van der Waals surface area contributed by atoms with Crippen molar-refractivity contribution in [1.82, 2.24) is 9.97 Å². The molecular weight excluding hydrogens is 376 g/mol. The van der Waals surface area contributed by atoms with Gasteiger partial charge in [-0.05, 0) is 49.8 Å². The maximum atomic E-state index is 14.8. The Morgan fingerprint density at radius 1 is 1.00 bits per heavy atom. The fraction of sp³-hybridized carbons (Fsp3) is 0.500. The highest BCUT2D eigenvalue weighted by molar-refractivity contribution is 5.34. The maximum Gasteiger partial charge on any atom is 0.316 e. The van der Waals surface area contributed by atoms with Gasteiger partial charge in [0.15, 0.2) is 11.6 Å². The summed E-state index contributed by atoms with van der Waals surface area (Å²) in [4.78, 5) is 7.90. The molecule has 1 aromatic carbocycles. The maximum absolute atomic E-state index is 14.8. The van der Waals surface area contributed by atoms with Gasteiger partial charge >= 0.3 is 6.01 Å². The normalized spacial score (nSPS) is 21.4. The molecule has 1 aliphatic rings. The summed E-state index contributed by atoms with van der Waals surface area (Å²) < 4.78 is 68.4. The van der Waals surface area contributed by atoms with E-state index in [0.29, 0.717) is 18.6 Å². The zero-order valence-corrected chi connectivity index (χ0v) is 15.7. The van der Waals surface area contributed by atoms with E-state index in [9.17, 15) is 17.6 Å². The molecule has 152 valence electrons. The molecule has 1 aliphatic carbocycles. The predicted octanol–water partition coefficient (Wildman–Crippen LogP) is 5.24. The summed E-state index contributed by atoms with van der Waals surface area (Å²) in [5.41, 5.74) is 0.271. The van der Waals surface area contributed by atoms with E-state index in [1.807, 2.05) is 0 Å². The first-order valence-electron chi connectivity index (χ1n) is 9.30. The summed E-state index contributed by atoms with van der Waals surface area (Å²) in [6.45, 7) is 3.99. The average molecular weight is 398 g/mol. The Balaban J connectivity index is 1.79. The van der Waals surface area contributed by atoms with Crippen LogP contribution in [0.2, 0.25) is 0 Å². The highest BCUT2D eigenvalue weighted by atomic mass is 19.3. The van der Waals surface area contributed by atoms with Crippen LogP contribution in [-0.2, 0) is 0 Å². The lowest BCUT2D eigenvalue weighted by molar-refractivity contribution is -0.0620. The molecule has 3 rings (SSSR count). The molecule has 1 aromatic heterocycles. The van der Waals surface area contributed by atoms with Crippen molar-refractivity contribution in [3.05, 3.63) is 47.3 Å². The van der Waals surface area contributed by atoms with Crippen molar-refractivity contribution in [2.75, 3.05) is 13.2 Å². The number of hydrogen-bond acceptors (Lipinski definition) is 4. The highest BCUT2D eigenvalue weighted by Gasteiger charge is 2.47. The first-order chi connectivity index (χ1) is 13.4. The van der Waals surface area contributed by atoms with Crippen molar-refractivity contribution in [2.24, 2.45) is 0 Å². The van der Waals surface area contributed by atoms with E-state index in [-0.39, 0.29) is 30.4 Å². The quantitative estimate of drug-likeness (QED) is 0.625. The van der Waals surface area contributed by atoms with Gasteiger partial charge in [0, 0.05) is 18.8 Å². The molecule has 1 heterocycles. The zero-order chi connectivity index (χ0) is 20.3. The van der Waals surface area contributed by atoms with Gasteiger partial charge in [-0.3, -0.25) is 0 Å². The average Bonchev–Trinajstić information content (AvgIpc) is 2.66. The Kier molecular flexibility index (Phi) is 6.05. The topological polar surface area (TPSA) is 44.2 Å². The van der Waals surface area contributed by atoms with Crippen LogP contribution in [-0.4, -0.2) is 29.1 Å². The van der Waals surface area contributed by atoms with Crippen molar-refractivity contribution in [2.45, 2.75) is 50.9 Å². The Morgan fingerprint density at radius 2 is 1.68 bits per heavy atom. The second kappa shape index (κ2) is 8.32. The minimum absolute atomic E-state index is 0.0398. The van der Waals surface area contributed by atoms with Crippen molar-refractivity contribution in [1.29, 1.82) is 0 Å². The highest BCUT2D eigenvalue weighted by Crippen LogP contribution is 2.50. The molecule has 0 saturated heterocycles. The number of benzene rings is 1. The Labute approximate surface area is 160 Å². The second-order valence-electron chi connectivity index (χ2n) is 6.74. The Morgan fingerprint density at radius 3 is 2.29 bits per heavy atom. The molecule has 28 heavy (non-hydrogen) atoms. The second-order valence-corrected chi connectivity index (χ2v) is 6.74. The SMILES string of the molecule is CCOc1ncc(C2CCC(c3ccc(OCC)c(F)c3F)CC2(F)F)cn1. The molecular formula is C20H22F4N2O2. The summed E-state index contributed by atoms with van der Waals surface area (Å²) in [6, 6.07) is 2.77. The van der Waals surface area contributed by atoms with E-state index in [0.717, 1.165) is 0 Å². The van der Waals surface area contributed by atoms with Crippen molar-refractivity contribution in [3.63, 3.8) is 0 Å². The van der Waals surface area contributed by atoms with Crippen LogP contribution in [0, 0.1) is 11.6 Å². The van der Waals surface area contributed by atoms with E-state index in [1.54, 1.807) is 13.8 Å². The van der Waals surface area contributed by atoms with Gasteiger partial charge in [-0.2, -0.15) is 4.39 Å². The van der Waals surface area contributed by atoms with Gasteiger partial charge in [-0.25, -0.2) is 23.1 Å². The molecule has 0 N–H and O–H groups in total. The fourth-order valence-corrected chi connectivity index (χ4v) is 3.67. The standard InChI is InChI=1S/C20H22F4N2O2/c1-3-27-16-8-6-14(17(21)18(16)22)12-5-7-15(20(23,24)9-12)13-10-25-19(26-11-13)28-4-2/h6,8,10-12,15H,3-5,7,9H2,1-2H3. The summed E-state index contributed by atoms with van der Waals surface area (Å²) in [5.74, 6) is -7.41. The van der Waals surface area contributed by atoms with E-state index in [2.05, 4.69) is 9.97 Å². The third-order valence-corrected chi connectivity index (χ3v) is 4.97. The molecule has 2 unspecified atom stereocenters. The summed E-state index contributed by atoms with van der Waals surface area (Å²) in [5, 5.41) is 0. The van der Waals surface area contributed by atoms with Gasteiger partial charge in [0.1, 0.15) is 0 Å². The number of hydrogen-bond donors (Lipinski definition) is 0. The van der Waals surface area contributed by atoms with Gasteiger partial charge in [-0.15, -0.1) is 0 Å². The molecule has 1 fully saturated rings. The van der Waals surface area contributed by atoms with Crippen LogP contribution >= 0.6 is 0 Å². The van der Waals surface area contributed by atoms with Crippen LogP contribution < -0.4 is 9.47 Å². The Bertz CT molecular complexity index is 815. The number of alkyl halides is 2. The lowest BCUT2D eigenvalue weighted by atomic mass is 9.74. The Hall–Kier alpha value is -2.38. The minimum atomic E-state index is -3.10. The number of ether oxygens (including phenoxy) is 2. The molecule has 4 nitrogen and oxygen atoms in total. The molecule has 0 radical (unpaired) electrons. The van der Waals surface area contributed by atoms with Gasteiger partial charge < -0.3 is 9.47 Å². The van der Waals surface area contributed by atoms with Crippen LogP contribution in [0.3, 0.4) is 0 Å². The monoisotopic (exact) mass is 398 g/mol. The molecule has 8 heteroatoms. The van der Waals surface area contributed by atoms with Gasteiger partial charge in [0.05, 0.1) is 19.1 Å².